The Kier molecular flexibility index (Phi) is 8.07. The van der Waals surface area contributed by atoms with Crippen molar-refractivity contribution in [2.75, 3.05) is 63.1 Å². The Hall–Kier alpha value is -4.57. The van der Waals surface area contributed by atoms with Gasteiger partial charge in [0.1, 0.15) is 47.0 Å². The summed E-state index contributed by atoms with van der Waals surface area (Å²) in [5, 5.41) is 19.9. The van der Waals surface area contributed by atoms with Gasteiger partial charge < -0.3 is 25.2 Å². The topological polar surface area (TPSA) is 139 Å². The van der Waals surface area contributed by atoms with Crippen molar-refractivity contribution >= 4 is 60.8 Å². The zero-order chi connectivity index (χ0) is 36.8. The van der Waals surface area contributed by atoms with Gasteiger partial charge in [-0.05, 0) is 56.3 Å². The maximum absolute atomic E-state index is 17.2. The lowest BCUT2D eigenvalue weighted by atomic mass is 9.73. The minimum Gasteiger partial charge on any atom is -0.461 e. The molecule has 9 rings (SSSR count). The number of anilines is 2. The molecule has 2 N–H and O–H groups in total. The summed E-state index contributed by atoms with van der Waals surface area (Å²) in [5.74, 6) is -0.958. The summed E-state index contributed by atoms with van der Waals surface area (Å²) in [6.45, 7) is 4.02. The summed E-state index contributed by atoms with van der Waals surface area (Å²) in [7, 11) is 0. The van der Waals surface area contributed by atoms with Crippen molar-refractivity contribution in [2.45, 2.75) is 56.3 Å². The number of nitriles is 2. The van der Waals surface area contributed by atoms with Crippen LogP contribution in [0.2, 0.25) is 5.02 Å². The van der Waals surface area contributed by atoms with Crippen molar-refractivity contribution in [2.24, 2.45) is 5.41 Å². The molecule has 5 aliphatic rings. The van der Waals surface area contributed by atoms with E-state index >= 15 is 4.39 Å². The molecule has 4 aromatic rings. The highest BCUT2D eigenvalue weighted by Gasteiger charge is 2.51. The molecule has 3 atom stereocenters. The predicted octanol–water partition coefficient (Wildman–Crippen LogP) is 6.47. The molecule has 16 heteroatoms. The molecular weight excluding hydrogens is 727 g/mol. The number of thiophene rings is 1. The number of amides is 2. The van der Waals surface area contributed by atoms with Gasteiger partial charge in [0, 0.05) is 67.4 Å². The first-order valence-corrected chi connectivity index (χ1v) is 19.1. The van der Waals surface area contributed by atoms with Crippen LogP contribution >= 0.6 is 22.9 Å². The third-order valence-corrected chi connectivity index (χ3v) is 13.3. The summed E-state index contributed by atoms with van der Waals surface area (Å²) >= 11 is 7.83. The molecule has 53 heavy (non-hydrogen) atoms. The number of nitrogens with two attached hydrogens (primary N) is 1. The number of nitrogens with zero attached hydrogens (tertiary/aromatic N) is 8. The van der Waals surface area contributed by atoms with Gasteiger partial charge in [0.05, 0.1) is 26.9 Å². The Morgan fingerprint density at radius 2 is 1.94 bits per heavy atom. The third-order valence-electron chi connectivity index (χ3n) is 12.0. The van der Waals surface area contributed by atoms with E-state index in [-0.39, 0.29) is 72.4 Å². The molecule has 2 aromatic carbocycles. The lowest BCUT2D eigenvalue weighted by Gasteiger charge is -2.56. The minimum atomic E-state index is -0.962. The number of alkyl halides is 1. The summed E-state index contributed by atoms with van der Waals surface area (Å²) in [5.41, 5.74) is 5.49. The van der Waals surface area contributed by atoms with Crippen LogP contribution in [0.3, 0.4) is 0 Å². The number of aromatic nitrogens is 2. The molecule has 0 radical (unpaired) electrons. The highest BCUT2D eigenvalue weighted by atomic mass is 35.5. The van der Waals surface area contributed by atoms with Gasteiger partial charge in [-0.3, -0.25) is 4.90 Å². The Balaban J connectivity index is 1.12. The van der Waals surface area contributed by atoms with E-state index in [0.717, 1.165) is 43.6 Å². The molecular formula is C37H35ClF3N9O2S. The highest BCUT2D eigenvalue weighted by Crippen LogP contribution is 2.48. The van der Waals surface area contributed by atoms with E-state index in [1.54, 1.807) is 15.9 Å². The second kappa shape index (κ2) is 12.5. The van der Waals surface area contributed by atoms with Gasteiger partial charge in [0.25, 0.3) is 0 Å². The van der Waals surface area contributed by atoms with E-state index in [9.17, 15) is 24.1 Å². The Bertz CT molecular complexity index is 2290. The molecule has 7 heterocycles. The number of likely N-dealkylation sites (tertiary alicyclic amines) is 2. The highest BCUT2D eigenvalue weighted by molar-refractivity contribution is 7.23. The monoisotopic (exact) mass is 761 g/mol. The SMILES string of the molecule is N#Cc1c(N)sc2c(F)ccc(-c3c(Cl)cc4c(N5CCCC6(CN(C(=O)N7CC[C@H]7C#N)C6)C5)nc(OC[C@@]56CCCN5C[C@H](F)C6)nc4c3F)c12. The first-order valence-electron chi connectivity index (χ1n) is 17.9. The molecule has 11 nitrogen and oxygen atoms in total. The standard InChI is InChI=1S/C37H35ClF3N9O2S/c38-25-11-23-30(29(41)28(25)22-3-4-26(40)31-27(22)24(14-43)32(44)53-31)45-34(52-19-37-7-2-9-49(37)15-20(39)12-37)46-33(23)47-8-1-6-36(16-47)17-48(18-36)35(51)50-10-5-21(50)13-42/h3-4,11,20-21H,1-2,5-10,12,15-19,44H2/t20-,21+,37+/m1/s1. The summed E-state index contributed by atoms with van der Waals surface area (Å²) in [6, 6.07) is 7.83. The Morgan fingerprint density at radius 3 is 2.70 bits per heavy atom. The fraction of sp³-hybridized carbons (Fsp3) is 0.486. The van der Waals surface area contributed by atoms with Gasteiger partial charge >= 0.3 is 12.0 Å². The molecule has 0 aliphatic carbocycles. The normalized spacial score (nSPS) is 25.0. The molecule has 1 spiro atoms. The average Bonchev–Trinajstić information content (AvgIpc) is 3.76. The number of fused-ring (bicyclic) bond motifs is 3. The molecule has 0 unspecified atom stereocenters. The Labute approximate surface area is 312 Å². The maximum Gasteiger partial charge on any atom is 0.321 e. The first-order chi connectivity index (χ1) is 25.5. The van der Waals surface area contributed by atoms with E-state index in [0.29, 0.717) is 63.3 Å². The molecule has 0 saturated carbocycles. The van der Waals surface area contributed by atoms with Gasteiger partial charge in [0.15, 0.2) is 5.82 Å². The second-order valence-corrected chi connectivity index (χ2v) is 16.6. The van der Waals surface area contributed by atoms with Crippen LogP contribution in [0.25, 0.3) is 32.1 Å². The van der Waals surface area contributed by atoms with Crippen LogP contribution in [0.1, 0.15) is 44.1 Å². The molecule has 274 valence electrons. The van der Waals surface area contributed by atoms with Crippen LogP contribution in [0.4, 0.5) is 28.8 Å². The second-order valence-electron chi connectivity index (χ2n) is 15.2. The van der Waals surface area contributed by atoms with Crippen molar-refractivity contribution in [3.8, 4) is 29.3 Å². The van der Waals surface area contributed by atoms with Crippen molar-refractivity contribution in [1.29, 1.82) is 10.5 Å². The van der Waals surface area contributed by atoms with Crippen molar-refractivity contribution in [1.82, 2.24) is 24.7 Å². The number of carbonyl (C=O) groups is 1. The van der Waals surface area contributed by atoms with E-state index in [1.807, 2.05) is 6.07 Å². The van der Waals surface area contributed by atoms with E-state index in [1.165, 1.54) is 12.1 Å². The lowest BCUT2D eigenvalue weighted by Crippen LogP contribution is -2.68. The van der Waals surface area contributed by atoms with E-state index < -0.39 is 23.3 Å². The van der Waals surface area contributed by atoms with Crippen molar-refractivity contribution in [3.05, 3.63) is 40.4 Å². The number of hydrogen-bond acceptors (Lipinski definition) is 10. The van der Waals surface area contributed by atoms with Crippen molar-refractivity contribution in [3.63, 3.8) is 0 Å². The minimum absolute atomic E-state index is 0.0178. The quantitative estimate of drug-likeness (QED) is 0.243. The molecule has 5 fully saturated rings. The van der Waals surface area contributed by atoms with Gasteiger partial charge in [-0.25, -0.2) is 18.0 Å². The summed E-state index contributed by atoms with van der Waals surface area (Å²) < 4.78 is 53.2. The number of halogens is 4. The molecule has 2 amide bonds. The number of rotatable bonds is 5. The fourth-order valence-corrected chi connectivity index (χ4v) is 10.6. The zero-order valence-corrected chi connectivity index (χ0v) is 30.3. The van der Waals surface area contributed by atoms with Gasteiger partial charge in [-0.1, -0.05) is 17.7 Å². The Morgan fingerprint density at radius 1 is 1.13 bits per heavy atom. The maximum atomic E-state index is 17.2. The van der Waals surface area contributed by atoms with Crippen LogP contribution in [0, 0.1) is 39.7 Å². The van der Waals surface area contributed by atoms with Crippen molar-refractivity contribution < 1.29 is 22.7 Å². The van der Waals surface area contributed by atoms with Crippen LogP contribution in [0.15, 0.2) is 18.2 Å². The number of carbonyl (C=O) groups excluding carboxylic acids is 1. The van der Waals surface area contributed by atoms with E-state index in [4.69, 9.17) is 27.1 Å². The number of piperidine rings is 1. The summed E-state index contributed by atoms with van der Waals surface area (Å²) in [6.07, 6.45) is 3.42. The first kappa shape index (κ1) is 34.2. The zero-order valence-electron chi connectivity index (χ0n) is 28.7. The van der Waals surface area contributed by atoms with Crippen LogP contribution < -0.4 is 15.4 Å². The molecule has 5 aliphatic heterocycles. The van der Waals surface area contributed by atoms with Gasteiger partial charge in [0.2, 0.25) is 0 Å². The van der Waals surface area contributed by atoms with Crippen LogP contribution in [0.5, 0.6) is 6.01 Å². The van der Waals surface area contributed by atoms with Gasteiger partial charge in [-0.2, -0.15) is 20.5 Å². The smallest absolute Gasteiger partial charge is 0.321 e. The van der Waals surface area contributed by atoms with Crippen LogP contribution in [-0.4, -0.2) is 101 Å². The largest absolute Gasteiger partial charge is 0.461 e. The van der Waals surface area contributed by atoms with E-state index in [2.05, 4.69) is 20.9 Å². The molecule has 2 aromatic heterocycles. The number of urea groups is 1. The molecule has 0 bridgehead atoms. The van der Waals surface area contributed by atoms with Crippen LogP contribution in [-0.2, 0) is 0 Å². The number of ether oxygens (including phenoxy) is 1. The molecule has 5 saturated heterocycles. The fourth-order valence-electron chi connectivity index (χ4n) is 9.35. The average molecular weight is 762 g/mol. The van der Waals surface area contributed by atoms with Gasteiger partial charge in [-0.15, -0.1) is 11.3 Å². The lowest BCUT2D eigenvalue weighted by molar-refractivity contribution is -0.00462. The summed E-state index contributed by atoms with van der Waals surface area (Å²) in [4.78, 5) is 30.2. The third kappa shape index (κ3) is 5.34. The number of benzene rings is 2. The number of hydrogen-bond donors (Lipinski definition) is 1. The predicted molar refractivity (Wildman–Crippen MR) is 195 cm³/mol. The number of nitrogen functional groups attached to an aromatic ring is 1.